The Morgan fingerprint density at radius 2 is 1.94 bits per heavy atom. The number of rotatable bonds is 2. The van der Waals surface area contributed by atoms with E-state index in [-0.39, 0.29) is 11.7 Å². The maximum atomic E-state index is 11.8. The van der Waals surface area contributed by atoms with Gasteiger partial charge in [-0.25, -0.2) is 4.79 Å². The summed E-state index contributed by atoms with van der Waals surface area (Å²) in [6.45, 7) is 1.84. The third-order valence-corrected chi connectivity index (χ3v) is 3.39. The molecule has 2 aliphatic rings. The van der Waals surface area contributed by atoms with Crippen molar-refractivity contribution in [3.8, 4) is 0 Å². The fourth-order valence-electron chi connectivity index (χ4n) is 2.45. The molecule has 2 heterocycles. The molecule has 2 fully saturated rings. The van der Waals surface area contributed by atoms with Crippen LogP contribution in [0, 0.1) is 11.8 Å². The molecule has 2 unspecified atom stereocenters. The summed E-state index contributed by atoms with van der Waals surface area (Å²) in [7, 11) is 0. The lowest BCUT2D eigenvalue weighted by atomic mass is 10.3. The lowest BCUT2D eigenvalue weighted by Gasteiger charge is -2.06. The third kappa shape index (κ3) is 1.78. The van der Waals surface area contributed by atoms with Crippen LogP contribution in [0.5, 0.6) is 0 Å². The predicted octanol–water partition coefficient (Wildman–Crippen LogP) is -1.99. The Bertz CT molecular complexity index is 537. The first-order chi connectivity index (χ1) is 8.15. The molecule has 0 spiro atoms. The van der Waals surface area contributed by atoms with Crippen LogP contribution < -0.4 is 21.9 Å². The number of aromatic amines is 2. The highest BCUT2D eigenvalue weighted by molar-refractivity contribution is 5.92. The molecule has 1 aromatic heterocycles. The van der Waals surface area contributed by atoms with Crippen LogP contribution >= 0.6 is 0 Å². The number of piperidine rings is 1. The van der Waals surface area contributed by atoms with Gasteiger partial charge in [0.15, 0.2) is 0 Å². The summed E-state index contributed by atoms with van der Waals surface area (Å²) in [5.74, 6) is 0.591. The van der Waals surface area contributed by atoms with Gasteiger partial charge in [0.05, 0.1) is 0 Å². The standard InChI is InChI=1S/C10H12N4O3/c15-7-1-6(12-10(17)13-7)9(16)14-8-4-2-11-3-5(4)8/h1,4-5,8,11H,2-3H2,(H,14,16)(H2,12,13,15,17). The van der Waals surface area contributed by atoms with E-state index in [1.165, 1.54) is 0 Å². The molecular formula is C10H12N4O3. The second-order valence-electron chi connectivity index (χ2n) is 4.49. The summed E-state index contributed by atoms with van der Waals surface area (Å²) in [6.07, 6.45) is 0. The van der Waals surface area contributed by atoms with Crippen molar-refractivity contribution < 1.29 is 4.79 Å². The van der Waals surface area contributed by atoms with Crippen LogP contribution in [0.3, 0.4) is 0 Å². The topological polar surface area (TPSA) is 107 Å². The number of amides is 1. The fourth-order valence-corrected chi connectivity index (χ4v) is 2.45. The molecule has 1 aliphatic carbocycles. The van der Waals surface area contributed by atoms with Crippen LogP contribution in [0.2, 0.25) is 0 Å². The summed E-state index contributed by atoms with van der Waals surface area (Å²) < 4.78 is 0. The van der Waals surface area contributed by atoms with E-state index >= 15 is 0 Å². The van der Waals surface area contributed by atoms with Crippen LogP contribution in [0.15, 0.2) is 15.7 Å². The molecule has 1 amide bonds. The Morgan fingerprint density at radius 1 is 1.24 bits per heavy atom. The number of hydrogen-bond acceptors (Lipinski definition) is 4. The maximum absolute atomic E-state index is 11.8. The number of fused-ring (bicyclic) bond motifs is 1. The number of carbonyl (C=O) groups is 1. The SMILES string of the molecule is O=C(NC1C2CNCC21)c1cc(=O)[nH]c(=O)[nH]1. The van der Waals surface area contributed by atoms with Crippen molar-refractivity contribution in [1.82, 2.24) is 20.6 Å². The van der Waals surface area contributed by atoms with Gasteiger partial charge in [-0.1, -0.05) is 0 Å². The lowest BCUT2D eigenvalue weighted by molar-refractivity contribution is 0.0941. The minimum atomic E-state index is -0.666. The first-order valence-electron chi connectivity index (χ1n) is 5.50. The van der Waals surface area contributed by atoms with Crippen LogP contribution in [0.25, 0.3) is 0 Å². The molecule has 17 heavy (non-hydrogen) atoms. The van der Waals surface area contributed by atoms with Gasteiger partial charge in [0.1, 0.15) is 5.69 Å². The van der Waals surface area contributed by atoms with Gasteiger partial charge < -0.3 is 15.6 Å². The molecule has 90 valence electrons. The highest BCUT2D eigenvalue weighted by Gasteiger charge is 2.53. The fraction of sp³-hybridized carbons (Fsp3) is 0.500. The zero-order valence-electron chi connectivity index (χ0n) is 8.95. The first-order valence-corrected chi connectivity index (χ1v) is 5.50. The summed E-state index contributed by atoms with van der Waals surface area (Å²) in [4.78, 5) is 38.2. The van der Waals surface area contributed by atoms with E-state index in [9.17, 15) is 14.4 Å². The van der Waals surface area contributed by atoms with Gasteiger partial charge >= 0.3 is 5.69 Å². The number of carbonyl (C=O) groups excluding carboxylic acids is 1. The van der Waals surface area contributed by atoms with Crippen molar-refractivity contribution in [3.63, 3.8) is 0 Å². The molecule has 0 radical (unpaired) electrons. The van der Waals surface area contributed by atoms with Crippen molar-refractivity contribution in [2.75, 3.05) is 13.1 Å². The molecule has 1 saturated carbocycles. The van der Waals surface area contributed by atoms with Crippen LogP contribution in [-0.4, -0.2) is 35.0 Å². The summed E-state index contributed by atoms with van der Waals surface area (Å²) in [5.41, 5.74) is -1.23. The highest BCUT2D eigenvalue weighted by Crippen LogP contribution is 2.41. The molecule has 7 nitrogen and oxygen atoms in total. The van der Waals surface area contributed by atoms with Crippen molar-refractivity contribution in [3.05, 3.63) is 32.6 Å². The maximum Gasteiger partial charge on any atom is 0.326 e. The summed E-state index contributed by atoms with van der Waals surface area (Å²) >= 11 is 0. The normalized spacial score (nSPS) is 29.8. The van der Waals surface area contributed by atoms with Crippen LogP contribution in [-0.2, 0) is 0 Å². The van der Waals surface area contributed by atoms with Crippen molar-refractivity contribution in [1.29, 1.82) is 0 Å². The smallest absolute Gasteiger partial charge is 0.326 e. The van der Waals surface area contributed by atoms with Gasteiger partial charge in [-0.2, -0.15) is 0 Å². The molecule has 3 rings (SSSR count). The van der Waals surface area contributed by atoms with E-state index in [2.05, 4.69) is 15.6 Å². The number of nitrogens with one attached hydrogen (secondary N) is 4. The largest absolute Gasteiger partial charge is 0.347 e. The average molecular weight is 236 g/mol. The first kappa shape index (κ1) is 10.3. The summed E-state index contributed by atoms with van der Waals surface area (Å²) in [5, 5.41) is 6.04. The van der Waals surface area contributed by atoms with Gasteiger partial charge in [-0.3, -0.25) is 14.6 Å². The Morgan fingerprint density at radius 3 is 2.59 bits per heavy atom. The van der Waals surface area contributed by atoms with E-state index < -0.39 is 17.2 Å². The molecule has 0 aromatic carbocycles. The van der Waals surface area contributed by atoms with Crippen molar-refractivity contribution >= 4 is 5.91 Å². The number of hydrogen-bond donors (Lipinski definition) is 4. The number of H-pyrrole nitrogens is 2. The zero-order chi connectivity index (χ0) is 12.0. The zero-order valence-corrected chi connectivity index (χ0v) is 8.95. The quantitative estimate of drug-likeness (QED) is 0.477. The molecule has 1 aromatic rings. The minimum absolute atomic E-state index is 0.0108. The third-order valence-electron chi connectivity index (χ3n) is 3.39. The van der Waals surface area contributed by atoms with Crippen LogP contribution in [0.1, 0.15) is 10.5 Å². The lowest BCUT2D eigenvalue weighted by Crippen LogP contribution is -2.35. The Labute approximate surface area is 95.6 Å². The van der Waals surface area contributed by atoms with Crippen molar-refractivity contribution in [2.24, 2.45) is 11.8 Å². The van der Waals surface area contributed by atoms with E-state index in [0.717, 1.165) is 19.2 Å². The monoisotopic (exact) mass is 236 g/mol. The van der Waals surface area contributed by atoms with Gasteiger partial charge in [-0.15, -0.1) is 0 Å². The molecule has 0 bridgehead atoms. The van der Waals surface area contributed by atoms with Gasteiger partial charge in [0, 0.05) is 25.2 Å². The Hall–Kier alpha value is -1.89. The minimum Gasteiger partial charge on any atom is -0.347 e. The van der Waals surface area contributed by atoms with E-state index in [1.807, 2.05) is 4.98 Å². The molecule has 2 atom stereocenters. The molecule has 1 saturated heterocycles. The second kappa shape index (κ2) is 3.56. The van der Waals surface area contributed by atoms with Gasteiger partial charge in [-0.05, 0) is 11.8 Å². The second-order valence-corrected chi connectivity index (χ2v) is 4.49. The van der Waals surface area contributed by atoms with Gasteiger partial charge in [0.2, 0.25) is 0 Å². The average Bonchev–Trinajstić information content (AvgIpc) is 2.73. The molecular weight excluding hydrogens is 224 g/mol. The Kier molecular flexibility index (Phi) is 2.15. The van der Waals surface area contributed by atoms with Gasteiger partial charge in [0.25, 0.3) is 11.5 Å². The van der Waals surface area contributed by atoms with E-state index in [4.69, 9.17) is 0 Å². The van der Waals surface area contributed by atoms with E-state index in [0.29, 0.717) is 11.8 Å². The number of aromatic nitrogens is 2. The Balaban J connectivity index is 1.74. The summed E-state index contributed by atoms with van der Waals surface area (Å²) in [6, 6.07) is 1.26. The highest BCUT2D eigenvalue weighted by atomic mass is 16.2. The molecule has 7 heteroatoms. The predicted molar refractivity (Wildman–Crippen MR) is 58.8 cm³/mol. The molecule has 4 N–H and O–H groups in total. The molecule has 1 aliphatic heterocycles. The van der Waals surface area contributed by atoms with Crippen molar-refractivity contribution in [2.45, 2.75) is 6.04 Å². The van der Waals surface area contributed by atoms with E-state index in [1.54, 1.807) is 0 Å². The van der Waals surface area contributed by atoms with Crippen LogP contribution in [0.4, 0.5) is 0 Å².